The summed E-state index contributed by atoms with van der Waals surface area (Å²) >= 11 is 5.24. The summed E-state index contributed by atoms with van der Waals surface area (Å²) in [6.45, 7) is 2.43. The minimum absolute atomic E-state index is 0.0722. The lowest BCUT2D eigenvalue weighted by atomic mass is 10.2. The Balaban J connectivity index is 2.07. The largest absolute Gasteiger partial charge is 0.429 e. The van der Waals surface area contributed by atoms with Crippen LogP contribution in [-0.2, 0) is 6.54 Å². The lowest BCUT2D eigenvalue weighted by molar-refractivity contribution is -0.384. The molecule has 0 aliphatic rings. The molecule has 3 aromatic rings. The van der Waals surface area contributed by atoms with Crippen LogP contribution in [0.5, 0.6) is 0 Å². The molecule has 3 rings (SSSR count). The third-order valence-electron chi connectivity index (χ3n) is 3.28. The van der Waals surface area contributed by atoms with E-state index in [1.807, 2.05) is 35.8 Å². The van der Waals surface area contributed by atoms with E-state index in [0.29, 0.717) is 11.4 Å². The zero-order valence-corrected chi connectivity index (χ0v) is 12.1. The third-order valence-corrected chi connectivity index (χ3v) is 3.59. The normalized spacial score (nSPS) is 10.9. The van der Waals surface area contributed by atoms with Crippen LogP contribution in [0.4, 0.5) is 5.69 Å². The SMILES string of the molecule is Cc1ccc2oc(=S)n(Cc3cccc([N+](=O)[O-])c3)c2c1. The Bertz CT molecular complexity index is 895. The van der Waals surface area contributed by atoms with Crippen LogP contribution in [0.15, 0.2) is 46.9 Å². The van der Waals surface area contributed by atoms with Crippen LogP contribution in [0.3, 0.4) is 0 Å². The van der Waals surface area contributed by atoms with Crippen molar-refractivity contribution in [3.8, 4) is 0 Å². The number of aromatic nitrogens is 1. The van der Waals surface area contributed by atoms with Crippen molar-refractivity contribution < 1.29 is 9.34 Å². The fourth-order valence-corrected chi connectivity index (χ4v) is 2.53. The van der Waals surface area contributed by atoms with Gasteiger partial charge in [0.25, 0.3) is 10.5 Å². The van der Waals surface area contributed by atoms with Crippen molar-refractivity contribution in [1.82, 2.24) is 4.57 Å². The maximum atomic E-state index is 10.8. The van der Waals surface area contributed by atoms with Gasteiger partial charge in [-0.2, -0.15) is 0 Å². The highest BCUT2D eigenvalue weighted by atomic mass is 32.1. The molecule has 0 spiro atoms. The Kier molecular flexibility index (Phi) is 3.31. The molecule has 106 valence electrons. The van der Waals surface area contributed by atoms with Crippen LogP contribution >= 0.6 is 12.2 Å². The summed E-state index contributed by atoms with van der Waals surface area (Å²) in [5.74, 6) is 0. The van der Waals surface area contributed by atoms with Crippen LogP contribution < -0.4 is 0 Å². The first-order chi connectivity index (χ1) is 10.0. The van der Waals surface area contributed by atoms with Gasteiger partial charge in [0, 0.05) is 12.1 Å². The van der Waals surface area contributed by atoms with E-state index >= 15 is 0 Å². The van der Waals surface area contributed by atoms with Crippen LogP contribution in [-0.4, -0.2) is 9.49 Å². The number of hydrogen-bond donors (Lipinski definition) is 0. The summed E-state index contributed by atoms with van der Waals surface area (Å²) in [5.41, 5.74) is 3.60. The summed E-state index contributed by atoms with van der Waals surface area (Å²) < 4.78 is 7.39. The van der Waals surface area contributed by atoms with Gasteiger partial charge in [-0.05, 0) is 42.4 Å². The van der Waals surface area contributed by atoms with Gasteiger partial charge in [-0.3, -0.25) is 14.7 Å². The van der Waals surface area contributed by atoms with Gasteiger partial charge in [-0.1, -0.05) is 18.2 Å². The molecule has 1 aromatic heterocycles. The Hall–Kier alpha value is -2.47. The number of nitrogens with zero attached hydrogens (tertiary/aromatic N) is 2. The highest BCUT2D eigenvalue weighted by Crippen LogP contribution is 2.21. The highest BCUT2D eigenvalue weighted by Gasteiger charge is 2.10. The molecule has 6 heteroatoms. The van der Waals surface area contributed by atoms with Gasteiger partial charge in [-0.25, -0.2) is 0 Å². The second-order valence-corrected chi connectivity index (χ2v) is 5.20. The second-order valence-electron chi connectivity index (χ2n) is 4.85. The van der Waals surface area contributed by atoms with E-state index in [-0.39, 0.29) is 5.69 Å². The monoisotopic (exact) mass is 300 g/mol. The summed E-state index contributed by atoms with van der Waals surface area (Å²) in [7, 11) is 0. The second kappa shape index (κ2) is 5.14. The number of aryl methyl sites for hydroxylation is 1. The molecule has 21 heavy (non-hydrogen) atoms. The lowest BCUT2D eigenvalue weighted by Gasteiger charge is -2.04. The van der Waals surface area contributed by atoms with Crippen molar-refractivity contribution >= 4 is 29.0 Å². The number of oxazole rings is 1. The number of nitro groups is 1. The summed E-state index contributed by atoms with van der Waals surface area (Å²) in [4.78, 5) is 10.8. The molecule has 0 saturated carbocycles. The van der Waals surface area contributed by atoms with E-state index in [1.54, 1.807) is 12.1 Å². The van der Waals surface area contributed by atoms with Crippen molar-refractivity contribution in [3.63, 3.8) is 0 Å². The zero-order chi connectivity index (χ0) is 15.0. The van der Waals surface area contributed by atoms with Crippen LogP contribution in [0.1, 0.15) is 11.1 Å². The molecule has 0 aliphatic heterocycles. The number of benzene rings is 2. The van der Waals surface area contributed by atoms with Gasteiger partial charge < -0.3 is 4.42 Å². The maximum Gasteiger partial charge on any atom is 0.269 e. The number of non-ortho nitro benzene ring substituents is 1. The maximum absolute atomic E-state index is 10.8. The van der Waals surface area contributed by atoms with E-state index in [2.05, 4.69) is 0 Å². The molecule has 0 N–H and O–H groups in total. The molecule has 0 saturated heterocycles. The summed E-state index contributed by atoms with van der Waals surface area (Å²) in [6.07, 6.45) is 0. The van der Waals surface area contributed by atoms with Gasteiger partial charge in [-0.15, -0.1) is 0 Å². The van der Waals surface area contributed by atoms with Gasteiger partial charge >= 0.3 is 0 Å². The molecule has 2 aromatic carbocycles. The van der Waals surface area contributed by atoms with Gasteiger partial charge in [0.05, 0.1) is 17.0 Å². The Labute approximate surface area is 125 Å². The number of hydrogen-bond acceptors (Lipinski definition) is 4. The molecule has 1 heterocycles. The first-order valence-corrected chi connectivity index (χ1v) is 6.79. The molecule has 0 amide bonds. The van der Waals surface area contributed by atoms with Gasteiger partial charge in [0.1, 0.15) is 0 Å². The molecule has 0 fully saturated rings. The van der Waals surface area contributed by atoms with Crippen molar-refractivity contribution in [3.05, 3.63) is 68.5 Å². The fourth-order valence-electron chi connectivity index (χ4n) is 2.27. The smallest absolute Gasteiger partial charge is 0.269 e. The van der Waals surface area contributed by atoms with E-state index in [4.69, 9.17) is 16.6 Å². The molecule has 0 unspecified atom stereocenters. The Morgan fingerprint density at radius 1 is 1.29 bits per heavy atom. The first-order valence-electron chi connectivity index (χ1n) is 6.38. The van der Waals surface area contributed by atoms with Crippen molar-refractivity contribution in [2.45, 2.75) is 13.5 Å². The standard InChI is InChI=1S/C15H12N2O3S/c1-10-5-6-14-13(7-10)16(15(21)20-14)9-11-3-2-4-12(8-11)17(18)19/h2-8H,9H2,1H3. The minimum atomic E-state index is -0.402. The van der Waals surface area contributed by atoms with E-state index in [1.165, 1.54) is 6.07 Å². The molecule has 0 bridgehead atoms. The zero-order valence-electron chi connectivity index (χ0n) is 11.3. The summed E-state index contributed by atoms with van der Waals surface area (Å²) in [6, 6.07) is 12.4. The topological polar surface area (TPSA) is 61.2 Å². The summed E-state index contributed by atoms with van der Waals surface area (Å²) in [5, 5.41) is 10.8. The average Bonchev–Trinajstić information content (AvgIpc) is 2.75. The minimum Gasteiger partial charge on any atom is -0.429 e. The Morgan fingerprint density at radius 2 is 2.10 bits per heavy atom. The molecule has 0 radical (unpaired) electrons. The van der Waals surface area contributed by atoms with E-state index in [9.17, 15) is 10.1 Å². The van der Waals surface area contributed by atoms with Gasteiger partial charge in [0.15, 0.2) is 5.58 Å². The molecular formula is C15H12N2O3S. The molecule has 0 aliphatic carbocycles. The van der Waals surface area contributed by atoms with Gasteiger partial charge in [0.2, 0.25) is 0 Å². The quantitative estimate of drug-likeness (QED) is 0.412. The number of nitro benzene ring substituents is 1. The van der Waals surface area contributed by atoms with E-state index in [0.717, 1.165) is 22.2 Å². The Morgan fingerprint density at radius 3 is 2.86 bits per heavy atom. The van der Waals surface area contributed by atoms with Crippen molar-refractivity contribution in [1.29, 1.82) is 0 Å². The lowest BCUT2D eigenvalue weighted by Crippen LogP contribution is -2.00. The number of fused-ring (bicyclic) bond motifs is 1. The predicted octanol–water partition coefficient (Wildman–Crippen LogP) is 4.23. The molecule has 5 nitrogen and oxygen atoms in total. The number of rotatable bonds is 3. The van der Waals surface area contributed by atoms with Crippen LogP contribution in [0, 0.1) is 21.9 Å². The van der Waals surface area contributed by atoms with Crippen LogP contribution in [0.25, 0.3) is 11.1 Å². The van der Waals surface area contributed by atoms with Crippen molar-refractivity contribution in [2.75, 3.05) is 0 Å². The fraction of sp³-hybridized carbons (Fsp3) is 0.133. The van der Waals surface area contributed by atoms with Crippen LogP contribution in [0.2, 0.25) is 0 Å². The van der Waals surface area contributed by atoms with Crippen molar-refractivity contribution in [2.24, 2.45) is 0 Å². The average molecular weight is 300 g/mol. The van der Waals surface area contributed by atoms with E-state index < -0.39 is 4.92 Å². The highest BCUT2D eigenvalue weighted by molar-refractivity contribution is 7.71. The molecular weight excluding hydrogens is 288 g/mol. The molecule has 0 atom stereocenters. The first kappa shape index (κ1) is 13.5. The predicted molar refractivity (Wildman–Crippen MR) is 82.0 cm³/mol. The third kappa shape index (κ3) is 2.57.